The van der Waals surface area contributed by atoms with Crippen molar-refractivity contribution in [3.63, 3.8) is 0 Å². The molecular weight excluding hydrogens is 1340 g/mol. The molecular formula is C46H26CrN10Na5O22S4. The smallest absolute Gasteiger partial charge is 0.871 e. The van der Waals surface area contributed by atoms with Gasteiger partial charge in [0.05, 0.1) is 63.6 Å². The summed E-state index contributed by atoms with van der Waals surface area (Å²) in [4.78, 5) is 15.0. The molecule has 1 radical (unpaired) electrons. The Bertz CT molecular complexity index is 4380. The number of aryl methyl sites for hydroxylation is 2. The zero-order valence-corrected chi connectivity index (χ0v) is 60.5. The van der Waals surface area contributed by atoms with Gasteiger partial charge >= 0.3 is 165 Å². The first kappa shape index (κ1) is 81.5. The average Bonchev–Trinajstić information content (AvgIpc) is 3.38. The number of hydrogen-bond acceptors (Lipinski definition) is 30. The second-order valence-electron chi connectivity index (χ2n) is 16.6. The number of nitrogens with zero attached hydrogens (tertiary/aromatic N) is 10. The number of phenolic OH excluding ortho intramolecular Hbond substituents is 2. The maximum Gasteiger partial charge on any atom is 3.00 e. The van der Waals surface area contributed by atoms with Crippen LogP contribution in [0.25, 0.3) is 21.5 Å². The molecule has 8 aromatic carbocycles. The molecule has 32 nitrogen and oxygen atoms in total. The molecule has 0 bridgehead atoms. The van der Waals surface area contributed by atoms with Crippen LogP contribution in [0.1, 0.15) is 11.1 Å². The topological polar surface area (TPSA) is 547 Å². The van der Waals surface area contributed by atoms with Crippen LogP contribution in [-0.2, 0) is 57.8 Å². The van der Waals surface area contributed by atoms with Crippen LogP contribution in [0, 0.1) is 34.1 Å². The molecule has 0 aliphatic carbocycles. The van der Waals surface area contributed by atoms with Crippen LogP contribution in [-0.4, -0.2) is 71.9 Å². The first-order chi connectivity index (χ1) is 38.1. The molecule has 0 aliphatic rings. The van der Waals surface area contributed by atoms with Crippen molar-refractivity contribution in [3.05, 3.63) is 141 Å². The third-order valence-electron chi connectivity index (χ3n) is 10.9. The van der Waals surface area contributed by atoms with Crippen molar-refractivity contribution >= 4 is 119 Å². The van der Waals surface area contributed by atoms with E-state index in [2.05, 4.69) is 40.9 Å². The van der Waals surface area contributed by atoms with E-state index >= 15 is 0 Å². The van der Waals surface area contributed by atoms with E-state index in [1.54, 1.807) is 26.0 Å². The number of fused-ring (bicyclic) bond motifs is 2. The van der Waals surface area contributed by atoms with Gasteiger partial charge in [-0.2, -0.15) is 20.5 Å². The van der Waals surface area contributed by atoms with E-state index in [1.807, 2.05) is 0 Å². The van der Waals surface area contributed by atoms with Gasteiger partial charge in [-0.3, -0.25) is 20.2 Å². The van der Waals surface area contributed by atoms with Gasteiger partial charge in [-0.15, -0.1) is 20.5 Å². The number of nitro benzene ring substituents is 2. The number of azo groups is 4. The van der Waals surface area contributed by atoms with E-state index in [4.69, 9.17) is 0 Å². The fraction of sp³-hybridized carbons (Fsp3) is 0.0435. The molecule has 2 N–H and O–H groups in total. The molecule has 8 rings (SSSR count). The number of hydrogen-bond donors (Lipinski definition) is 2. The van der Waals surface area contributed by atoms with Gasteiger partial charge in [0, 0.05) is 23.6 Å². The number of nitro groups is 2. The summed E-state index contributed by atoms with van der Waals surface area (Å²) in [6.07, 6.45) is 0. The van der Waals surface area contributed by atoms with E-state index in [0.717, 1.165) is 35.4 Å². The molecule has 0 aromatic heterocycles. The van der Waals surface area contributed by atoms with E-state index in [-0.39, 0.29) is 233 Å². The van der Waals surface area contributed by atoms with Crippen LogP contribution in [0.4, 0.5) is 56.9 Å². The van der Waals surface area contributed by atoms with Gasteiger partial charge in [0.25, 0.3) is 11.4 Å². The Labute approximate surface area is 617 Å². The van der Waals surface area contributed by atoms with Crippen LogP contribution in [0.15, 0.2) is 170 Å². The van der Waals surface area contributed by atoms with Gasteiger partial charge in [-0.1, -0.05) is 35.8 Å². The predicted octanol–water partition coefficient (Wildman–Crippen LogP) is -7.89. The summed E-state index contributed by atoms with van der Waals surface area (Å²) in [5.74, 6) is -5.74. The van der Waals surface area contributed by atoms with Crippen LogP contribution in [0.5, 0.6) is 34.5 Å². The first-order valence-corrected chi connectivity index (χ1v) is 27.4. The Morgan fingerprint density at radius 1 is 0.386 bits per heavy atom. The van der Waals surface area contributed by atoms with E-state index in [0.29, 0.717) is 12.1 Å². The second kappa shape index (κ2) is 32.6. The Morgan fingerprint density at radius 2 is 0.705 bits per heavy atom. The predicted molar refractivity (Wildman–Crippen MR) is 266 cm³/mol. The molecule has 0 spiro atoms. The maximum absolute atomic E-state index is 13.2. The minimum atomic E-state index is -5.39. The molecule has 42 heteroatoms. The fourth-order valence-electron chi connectivity index (χ4n) is 7.04. The molecule has 8 aromatic rings. The quantitative estimate of drug-likeness (QED) is 0.0336. The fourth-order valence-corrected chi connectivity index (χ4v) is 9.35. The van der Waals surface area contributed by atoms with Gasteiger partial charge in [0.15, 0.2) is 0 Å². The third-order valence-corrected chi connectivity index (χ3v) is 14.2. The average molecular weight is 1370 g/mol. The van der Waals surface area contributed by atoms with Gasteiger partial charge in [0.1, 0.15) is 63.3 Å². The zero-order chi connectivity index (χ0) is 60.6. The molecule has 0 unspecified atom stereocenters. The SMILES string of the molecule is Cc1ccc(O)c(N=Nc2ccc3cc(S(=O)(=O)[O-])c(N=Nc4cc(S(=O)(=O)[O-])cc([N+](=O)[O-])c4[O-])c([O-])c3c2)c1.Cc1ccc(O)c(N=Nc2ccc3cc(S(=O)(=O)[O-])c(N=Nc4cc(S(=O)(=O)[O-])cc([N+](=O)[O-])c4[O-])c([O-])c3c2)c1.[Cr+3].[Na+].[Na+].[Na+].[Na+].[Na+]. The summed E-state index contributed by atoms with van der Waals surface area (Å²) in [6.45, 7) is 3.50. The van der Waals surface area contributed by atoms with Crippen LogP contribution < -0.4 is 168 Å². The van der Waals surface area contributed by atoms with Gasteiger partial charge in [-0.25, -0.2) is 33.7 Å². The number of phenols is 2. The summed E-state index contributed by atoms with van der Waals surface area (Å²) in [5, 5.41) is 122. The summed E-state index contributed by atoms with van der Waals surface area (Å²) < 4.78 is 140. The normalized spacial score (nSPS) is 11.6. The van der Waals surface area contributed by atoms with Crippen molar-refractivity contribution in [1.82, 2.24) is 0 Å². The van der Waals surface area contributed by atoms with E-state index < -0.39 is 127 Å². The Morgan fingerprint density at radius 3 is 1.00 bits per heavy atom. The van der Waals surface area contributed by atoms with Crippen molar-refractivity contribution in [1.29, 1.82) is 0 Å². The number of benzene rings is 8. The van der Waals surface area contributed by atoms with Gasteiger partial charge < -0.3 is 48.9 Å². The van der Waals surface area contributed by atoms with Crippen molar-refractivity contribution < 1.29 is 258 Å². The van der Waals surface area contributed by atoms with Crippen molar-refractivity contribution in [3.8, 4) is 34.5 Å². The van der Waals surface area contributed by atoms with Crippen molar-refractivity contribution in [2.75, 3.05) is 0 Å². The minimum absolute atomic E-state index is 0. The largest absolute Gasteiger partial charge is 3.00 e. The molecule has 0 heterocycles. The molecule has 0 saturated heterocycles. The Kier molecular flexibility index (Phi) is 30.2. The molecule has 0 amide bonds. The summed E-state index contributed by atoms with van der Waals surface area (Å²) >= 11 is 0. The standard InChI is InChI=1S/2C23H17N5O11S2.Cr.5Na/c2*1-11-2-5-19(29)16(6-11)25-24-13-4-3-12-7-20(41(37,38)39)21(22(30)15(12)8-13)27-26-17-9-14(40(34,35)36)10-18(23(17)31)28(32)33;;;;;;/h2*2-10,29-31H,1H3,(H,34,35,36)(H,37,38,39);;;;;;/q;;+3;5*+1/p-8. The van der Waals surface area contributed by atoms with Gasteiger partial charge in [-0.05, 0) is 119 Å². The number of aromatic hydroxyl groups is 2. The van der Waals surface area contributed by atoms with Crippen LogP contribution in [0.2, 0.25) is 0 Å². The molecule has 0 aliphatic heterocycles. The Hall–Kier alpha value is -4.55. The molecule has 427 valence electrons. The second-order valence-corrected chi connectivity index (χ2v) is 22.1. The molecule has 0 fully saturated rings. The van der Waals surface area contributed by atoms with Crippen LogP contribution >= 0.6 is 0 Å². The van der Waals surface area contributed by atoms with Crippen molar-refractivity contribution in [2.24, 2.45) is 40.9 Å². The molecule has 0 atom stereocenters. The zero-order valence-electron chi connectivity index (χ0n) is 46.0. The van der Waals surface area contributed by atoms with E-state index in [1.165, 1.54) is 48.5 Å². The number of rotatable bonds is 14. The summed E-state index contributed by atoms with van der Waals surface area (Å²) in [7, 11) is -21.4. The van der Waals surface area contributed by atoms with Crippen LogP contribution in [0.3, 0.4) is 0 Å². The third kappa shape index (κ3) is 19.7. The van der Waals surface area contributed by atoms with E-state index in [9.17, 15) is 103 Å². The Balaban J connectivity index is 0.000000824. The first-order valence-electron chi connectivity index (χ1n) is 21.8. The van der Waals surface area contributed by atoms with Crippen molar-refractivity contribution in [2.45, 2.75) is 33.4 Å². The monoisotopic (exact) mass is 1360 g/mol. The minimum Gasteiger partial charge on any atom is -0.871 e. The summed E-state index contributed by atoms with van der Waals surface area (Å²) in [5.41, 5.74) is -5.24. The van der Waals surface area contributed by atoms with Gasteiger partial charge in [0.2, 0.25) is 0 Å². The molecule has 88 heavy (non-hydrogen) atoms. The molecule has 0 saturated carbocycles. The maximum atomic E-state index is 13.2. The summed E-state index contributed by atoms with van der Waals surface area (Å²) in [6, 6.07) is 19.3.